The van der Waals surface area contributed by atoms with Crippen LogP contribution in [0.15, 0.2) is 24.3 Å². The predicted octanol–water partition coefficient (Wildman–Crippen LogP) is 3.55. The number of carbonyl (C=O) groups is 3. The Kier molecular flexibility index (Phi) is 8.63. The predicted molar refractivity (Wildman–Crippen MR) is 114 cm³/mol. The zero-order valence-corrected chi connectivity index (χ0v) is 18.8. The number of amides is 2. The summed E-state index contributed by atoms with van der Waals surface area (Å²) in [4.78, 5) is 41.8. The smallest absolute Gasteiger partial charge is 0.418 e. The van der Waals surface area contributed by atoms with Crippen LogP contribution in [0.25, 0.3) is 0 Å². The molecule has 1 aromatic carbocycles. The number of para-hydroxylation sites is 1. The van der Waals surface area contributed by atoms with Crippen molar-refractivity contribution in [3.8, 4) is 0 Å². The topological polar surface area (TPSA) is 101 Å². The molecule has 8 nitrogen and oxygen atoms in total. The van der Waals surface area contributed by atoms with Crippen LogP contribution < -0.4 is 5.32 Å². The molecule has 2 rings (SSSR count). The molecule has 0 radical (unpaired) electrons. The number of ether oxygens (including phenoxy) is 2. The van der Waals surface area contributed by atoms with Crippen LogP contribution in [0.1, 0.15) is 44.6 Å². The van der Waals surface area contributed by atoms with E-state index < -0.39 is 41.8 Å². The van der Waals surface area contributed by atoms with E-state index in [2.05, 4.69) is 10.3 Å². The largest absolute Gasteiger partial charge is 0.460 e. The highest BCUT2D eigenvalue weighted by atomic mass is 19.4. The minimum Gasteiger partial charge on any atom is -0.460 e. The second-order valence-corrected chi connectivity index (χ2v) is 7.16. The maximum absolute atomic E-state index is 13.2. The maximum Gasteiger partial charge on any atom is 0.418 e. The fraction of sp³-hybridized carbons (Fsp3) is 0.409. The Morgan fingerprint density at radius 3 is 2.39 bits per heavy atom. The fourth-order valence-corrected chi connectivity index (χ4v) is 3.25. The van der Waals surface area contributed by atoms with Gasteiger partial charge in [-0.15, -0.1) is 0 Å². The van der Waals surface area contributed by atoms with Gasteiger partial charge in [0.2, 0.25) is 5.91 Å². The number of nitrogens with zero attached hydrogens (tertiary/aromatic N) is 1. The van der Waals surface area contributed by atoms with Crippen molar-refractivity contribution < 1.29 is 37.0 Å². The Labute approximate surface area is 189 Å². The summed E-state index contributed by atoms with van der Waals surface area (Å²) in [6.45, 7) is 4.69. The standard InChI is InChI=1S/C22H26F3N3O5/c1-5-28(12-17(29)27-16-9-7-6-8-15(16)22(23,24)25)20(30)19-13(2)18(14(3)26-19)21(31)33-11-10-32-4/h6-9,26H,5,10-12H2,1-4H3,(H,27,29). The molecule has 0 bridgehead atoms. The summed E-state index contributed by atoms with van der Waals surface area (Å²) < 4.78 is 49.4. The molecule has 0 aliphatic carbocycles. The summed E-state index contributed by atoms with van der Waals surface area (Å²) in [5.74, 6) is -1.99. The van der Waals surface area contributed by atoms with E-state index in [-0.39, 0.29) is 31.0 Å². The SMILES string of the molecule is CCN(CC(=O)Nc1ccccc1C(F)(F)F)C(=O)c1[nH]c(C)c(C(=O)OCCOC)c1C. The number of aromatic amines is 1. The van der Waals surface area contributed by atoms with Crippen molar-refractivity contribution in [2.45, 2.75) is 26.9 Å². The molecular formula is C22H26F3N3O5. The molecule has 0 atom stereocenters. The number of rotatable bonds is 9. The molecule has 0 spiro atoms. The van der Waals surface area contributed by atoms with E-state index in [0.29, 0.717) is 11.3 Å². The van der Waals surface area contributed by atoms with Gasteiger partial charge in [-0.1, -0.05) is 12.1 Å². The molecule has 0 fully saturated rings. The van der Waals surface area contributed by atoms with Crippen molar-refractivity contribution in [3.05, 3.63) is 52.3 Å². The van der Waals surface area contributed by atoms with E-state index in [9.17, 15) is 27.6 Å². The molecule has 2 N–H and O–H groups in total. The third kappa shape index (κ3) is 6.35. The lowest BCUT2D eigenvalue weighted by molar-refractivity contribution is -0.137. The van der Waals surface area contributed by atoms with Gasteiger partial charge in [0.25, 0.3) is 5.91 Å². The second-order valence-electron chi connectivity index (χ2n) is 7.16. The molecule has 0 unspecified atom stereocenters. The highest BCUT2D eigenvalue weighted by Gasteiger charge is 2.34. The molecule has 11 heteroatoms. The monoisotopic (exact) mass is 469 g/mol. The summed E-state index contributed by atoms with van der Waals surface area (Å²) in [6.07, 6.45) is -4.64. The van der Waals surface area contributed by atoms with Gasteiger partial charge < -0.3 is 24.7 Å². The fourth-order valence-electron chi connectivity index (χ4n) is 3.25. The summed E-state index contributed by atoms with van der Waals surface area (Å²) >= 11 is 0. The molecule has 0 aliphatic heterocycles. The molecule has 2 amide bonds. The van der Waals surface area contributed by atoms with Gasteiger partial charge in [0.15, 0.2) is 0 Å². The lowest BCUT2D eigenvalue weighted by Crippen LogP contribution is -2.38. The van der Waals surface area contributed by atoms with Crippen LogP contribution in [0.2, 0.25) is 0 Å². The quantitative estimate of drug-likeness (QED) is 0.432. The number of hydrogen-bond donors (Lipinski definition) is 2. The van der Waals surface area contributed by atoms with E-state index in [1.807, 2.05) is 0 Å². The number of hydrogen-bond acceptors (Lipinski definition) is 5. The average Bonchev–Trinajstić information content (AvgIpc) is 3.05. The van der Waals surface area contributed by atoms with E-state index >= 15 is 0 Å². The first-order chi connectivity index (χ1) is 15.5. The first-order valence-electron chi connectivity index (χ1n) is 10.1. The third-order valence-corrected chi connectivity index (χ3v) is 4.89. The summed E-state index contributed by atoms with van der Waals surface area (Å²) in [7, 11) is 1.47. The van der Waals surface area contributed by atoms with Crippen molar-refractivity contribution in [2.75, 3.05) is 38.7 Å². The van der Waals surface area contributed by atoms with Crippen molar-refractivity contribution in [1.82, 2.24) is 9.88 Å². The van der Waals surface area contributed by atoms with Crippen LogP contribution in [0.3, 0.4) is 0 Å². The molecule has 0 aliphatic rings. The number of alkyl halides is 3. The number of esters is 1. The van der Waals surface area contributed by atoms with Crippen molar-refractivity contribution in [2.24, 2.45) is 0 Å². The Morgan fingerprint density at radius 1 is 1.12 bits per heavy atom. The van der Waals surface area contributed by atoms with Gasteiger partial charge in [0.05, 0.1) is 23.4 Å². The highest BCUT2D eigenvalue weighted by Crippen LogP contribution is 2.34. The lowest BCUT2D eigenvalue weighted by atomic mass is 10.1. The number of likely N-dealkylation sites (N-methyl/N-ethyl adjacent to an activating group) is 1. The number of H-pyrrole nitrogens is 1. The number of benzene rings is 1. The van der Waals surface area contributed by atoms with Gasteiger partial charge in [-0.25, -0.2) is 4.79 Å². The molecule has 0 saturated carbocycles. The van der Waals surface area contributed by atoms with E-state index in [1.54, 1.807) is 20.8 Å². The van der Waals surface area contributed by atoms with Gasteiger partial charge in [-0.2, -0.15) is 13.2 Å². The molecular weight excluding hydrogens is 443 g/mol. The maximum atomic E-state index is 13.2. The number of aryl methyl sites for hydroxylation is 1. The molecule has 2 aromatic rings. The number of halogens is 3. The lowest BCUT2D eigenvalue weighted by Gasteiger charge is -2.21. The Balaban J connectivity index is 2.17. The Morgan fingerprint density at radius 2 is 1.79 bits per heavy atom. The number of nitrogens with one attached hydrogen (secondary N) is 2. The van der Waals surface area contributed by atoms with E-state index in [4.69, 9.17) is 9.47 Å². The van der Waals surface area contributed by atoms with Crippen molar-refractivity contribution in [1.29, 1.82) is 0 Å². The van der Waals surface area contributed by atoms with Crippen molar-refractivity contribution >= 4 is 23.5 Å². The number of carbonyl (C=O) groups excluding carboxylic acids is 3. The normalized spacial score (nSPS) is 11.2. The van der Waals surface area contributed by atoms with Gasteiger partial charge in [-0.05, 0) is 38.5 Å². The molecule has 1 aromatic heterocycles. The van der Waals surface area contributed by atoms with E-state index in [1.165, 1.54) is 19.2 Å². The van der Waals surface area contributed by atoms with E-state index in [0.717, 1.165) is 17.0 Å². The minimum absolute atomic E-state index is 0.0450. The zero-order valence-electron chi connectivity index (χ0n) is 18.8. The number of anilines is 1. The zero-order chi connectivity index (χ0) is 24.8. The average molecular weight is 469 g/mol. The Hall–Kier alpha value is -3.34. The second kappa shape index (κ2) is 11.0. The summed E-state index contributed by atoms with van der Waals surface area (Å²) in [6, 6.07) is 4.58. The molecule has 0 saturated heterocycles. The van der Waals surface area contributed by atoms with Crippen LogP contribution >= 0.6 is 0 Å². The highest BCUT2D eigenvalue weighted by molar-refractivity contribution is 6.02. The first kappa shape index (κ1) is 25.9. The van der Waals surface area contributed by atoms with Crippen LogP contribution in [0.5, 0.6) is 0 Å². The van der Waals surface area contributed by atoms with Gasteiger partial charge >= 0.3 is 12.1 Å². The molecule has 1 heterocycles. The molecule has 180 valence electrons. The van der Waals surface area contributed by atoms with Gasteiger partial charge in [-0.3, -0.25) is 9.59 Å². The van der Waals surface area contributed by atoms with Crippen LogP contribution in [-0.2, 0) is 20.4 Å². The van der Waals surface area contributed by atoms with Gasteiger partial charge in [0.1, 0.15) is 18.8 Å². The van der Waals surface area contributed by atoms with Gasteiger partial charge in [0, 0.05) is 19.3 Å². The first-order valence-corrected chi connectivity index (χ1v) is 10.1. The number of aromatic nitrogens is 1. The van der Waals surface area contributed by atoms with Crippen LogP contribution in [0.4, 0.5) is 18.9 Å². The summed E-state index contributed by atoms with van der Waals surface area (Å²) in [5.41, 5.74) is -0.323. The van der Waals surface area contributed by atoms with Crippen LogP contribution in [0, 0.1) is 13.8 Å². The minimum atomic E-state index is -4.64. The Bertz CT molecular complexity index is 1020. The molecule has 33 heavy (non-hydrogen) atoms. The summed E-state index contributed by atoms with van der Waals surface area (Å²) in [5, 5.41) is 2.22. The van der Waals surface area contributed by atoms with Crippen LogP contribution in [-0.4, -0.2) is 61.1 Å². The number of methoxy groups -OCH3 is 1. The van der Waals surface area contributed by atoms with Crippen molar-refractivity contribution in [3.63, 3.8) is 0 Å². The third-order valence-electron chi connectivity index (χ3n) is 4.89.